The van der Waals surface area contributed by atoms with Crippen molar-refractivity contribution in [2.75, 3.05) is 19.6 Å². The first kappa shape index (κ1) is 17.4. The number of primary amides is 1. The van der Waals surface area contributed by atoms with Gasteiger partial charge in [0.1, 0.15) is 0 Å². The fraction of sp³-hybridized carbons (Fsp3) is 0.562. The lowest BCUT2D eigenvalue weighted by atomic mass is 10.0. The molecule has 7 nitrogen and oxygen atoms in total. The number of nitrogens with two attached hydrogens (primary N) is 1. The maximum atomic E-state index is 11.3. The Balaban J connectivity index is 2.24. The van der Waals surface area contributed by atoms with Crippen molar-refractivity contribution in [2.24, 2.45) is 5.73 Å². The molecule has 0 atom stereocenters. The summed E-state index contributed by atoms with van der Waals surface area (Å²) in [5.41, 5.74) is 5.99. The Hall–Kier alpha value is -1.99. The molecule has 3 N–H and O–H groups in total. The zero-order chi connectivity index (χ0) is 16.8. The van der Waals surface area contributed by atoms with E-state index in [9.17, 15) is 14.9 Å². The summed E-state index contributed by atoms with van der Waals surface area (Å²) in [7, 11) is 0. The monoisotopic (exact) mass is 320 g/mol. The molecule has 1 fully saturated rings. The topological polar surface area (TPSA) is 102 Å². The van der Waals surface area contributed by atoms with E-state index in [-0.39, 0.29) is 11.3 Å². The number of hydrogen-bond acceptors (Lipinski definition) is 5. The van der Waals surface area contributed by atoms with Gasteiger partial charge in [0.15, 0.2) is 0 Å². The van der Waals surface area contributed by atoms with E-state index in [1.165, 1.54) is 6.07 Å². The summed E-state index contributed by atoms with van der Waals surface area (Å²) >= 11 is 0. The van der Waals surface area contributed by atoms with Gasteiger partial charge in [0, 0.05) is 29.8 Å². The fourth-order valence-electron chi connectivity index (χ4n) is 3.09. The van der Waals surface area contributed by atoms with Crippen molar-refractivity contribution in [3.8, 4) is 0 Å². The summed E-state index contributed by atoms with van der Waals surface area (Å²) in [6.07, 6.45) is 3.09. The van der Waals surface area contributed by atoms with Gasteiger partial charge in [0.25, 0.3) is 5.69 Å². The van der Waals surface area contributed by atoms with Crippen molar-refractivity contribution in [3.05, 3.63) is 39.4 Å². The molecule has 0 spiro atoms. The molecule has 1 amide bonds. The summed E-state index contributed by atoms with van der Waals surface area (Å²) in [4.78, 5) is 24.5. The Labute approximate surface area is 136 Å². The molecule has 0 bridgehead atoms. The number of amides is 1. The van der Waals surface area contributed by atoms with Crippen LogP contribution in [0.1, 0.15) is 42.1 Å². The highest BCUT2D eigenvalue weighted by molar-refractivity contribution is 5.93. The summed E-state index contributed by atoms with van der Waals surface area (Å²) in [6.45, 7) is 5.49. The number of piperidine rings is 1. The molecular formula is C16H24N4O3. The fourth-order valence-corrected chi connectivity index (χ4v) is 3.09. The molecule has 0 unspecified atom stereocenters. The first-order valence-electron chi connectivity index (χ1n) is 8.04. The van der Waals surface area contributed by atoms with Gasteiger partial charge in [-0.25, -0.2) is 0 Å². The van der Waals surface area contributed by atoms with E-state index in [2.05, 4.69) is 17.1 Å². The number of nitrogens with one attached hydrogen (secondary N) is 1. The molecule has 1 aliphatic rings. The molecule has 1 aromatic rings. The number of hydrogen-bond donors (Lipinski definition) is 2. The number of carbonyl (C=O) groups excluding carboxylic acids is 1. The molecule has 1 aromatic carbocycles. The SMILES string of the molecule is CCCN(Cc1ccc(C(N)=O)cc1[N+](=O)[O-])C1CCNCC1. The van der Waals surface area contributed by atoms with Gasteiger partial charge in [0.2, 0.25) is 5.91 Å². The standard InChI is InChI=1S/C16H24N4O3/c1-2-9-19(14-5-7-18-8-6-14)11-13-4-3-12(16(17)21)10-15(13)20(22)23/h3-4,10,14,18H,2,5-9,11H2,1H3,(H2,17,21). The van der Waals surface area contributed by atoms with Gasteiger partial charge >= 0.3 is 0 Å². The van der Waals surface area contributed by atoms with Gasteiger partial charge in [-0.1, -0.05) is 13.0 Å². The van der Waals surface area contributed by atoms with Crippen LogP contribution in [0.2, 0.25) is 0 Å². The highest BCUT2D eigenvalue weighted by Crippen LogP contribution is 2.24. The molecule has 0 aliphatic carbocycles. The van der Waals surface area contributed by atoms with Gasteiger partial charge in [0.05, 0.1) is 4.92 Å². The van der Waals surface area contributed by atoms with E-state index in [0.29, 0.717) is 18.2 Å². The van der Waals surface area contributed by atoms with Crippen molar-refractivity contribution < 1.29 is 9.72 Å². The third-order valence-corrected chi connectivity index (χ3v) is 4.28. The summed E-state index contributed by atoms with van der Waals surface area (Å²) in [5, 5.41) is 14.7. The molecule has 1 heterocycles. The molecule has 2 rings (SSSR count). The average molecular weight is 320 g/mol. The third kappa shape index (κ3) is 4.49. The maximum Gasteiger partial charge on any atom is 0.274 e. The predicted octanol–water partition coefficient (Wildman–Crippen LogP) is 1.66. The van der Waals surface area contributed by atoms with E-state index in [4.69, 9.17) is 5.73 Å². The van der Waals surface area contributed by atoms with Crippen LogP contribution in [0.5, 0.6) is 0 Å². The lowest BCUT2D eigenvalue weighted by Crippen LogP contribution is -2.43. The largest absolute Gasteiger partial charge is 0.366 e. The molecule has 1 aliphatic heterocycles. The molecule has 23 heavy (non-hydrogen) atoms. The van der Waals surface area contributed by atoms with Gasteiger partial charge in [-0.05, 0) is 45.0 Å². The van der Waals surface area contributed by atoms with Crippen LogP contribution in [-0.2, 0) is 6.54 Å². The van der Waals surface area contributed by atoms with Crippen molar-refractivity contribution in [2.45, 2.75) is 38.8 Å². The van der Waals surface area contributed by atoms with E-state index in [0.717, 1.165) is 38.9 Å². The minimum Gasteiger partial charge on any atom is -0.366 e. The van der Waals surface area contributed by atoms with Crippen molar-refractivity contribution in [1.82, 2.24) is 10.2 Å². The first-order chi connectivity index (χ1) is 11.0. The van der Waals surface area contributed by atoms with E-state index in [1.54, 1.807) is 12.1 Å². The first-order valence-corrected chi connectivity index (χ1v) is 8.04. The van der Waals surface area contributed by atoms with E-state index < -0.39 is 10.8 Å². The molecule has 1 saturated heterocycles. The minimum absolute atomic E-state index is 0.0312. The van der Waals surface area contributed by atoms with Crippen LogP contribution in [0.25, 0.3) is 0 Å². The quantitative estimate of drug-likeness (QED) is 0.587. The van der Waals surface area contributed by atoms with Crippen LogP contribution in [0.15, 0.2) is 18.2 Å². The second-order valence-corrected chi connectivity index (χ2v) is 5.92. The Bertz CT molecular complexity index is 570. The van der Waals surface area contributed by atoms with Crippen LogP contribution >= 0.6 is 0 Å². The second kappa shape index (κ2) is 8.03. The van der Waals surface area contributed by atoms with Gasteiger partial charge in [-0.3, -0.25) is 19.8 Å². The van der Waals surface area contributed by atoms with Gasteiger partial charge < -0.3 is 11.1 Å². The lowest BCUT2D eigenvalue weighted by molar-refractivity contribution is -0.385. The normalized spacial score (nSPS) is 15.7. The van der Waals surface area contributed by atoms with Crippen LogP contribution in [0.3, 0.4) is 0 Å². The maximum absolute atomic E-state index is 11.3. The summed E-state index contributed by atoms with van der Waals surface area (Å²) in [5.74, 6) is -0.650. The molecule has 0 radical (unpaired) electrons. The number of nitro benzene ring substituents is 1. The summed E-state index contributed by atoms with van der Waals surface area (Å²) in [6, 6.07) is 4.94. The minimum atomic E-state index is -0.650. The van der Waals surface area contributed by atoms with Crippen LogP contribution in [-0.4, -0.2) is 41.4 Å². The number of rotatable bonds is 7. The van der Waals surface area contributed by atoms with Gasteiger partial charge in [-0.15, -0.1) is 0 Å². The molecule has 7 heteroatoms. The lowest BCUT2D eigenvalue weighted by Gasteiger charge is -2.34. The van der Waals surface area contributed by atoms with Crippen LogP contribution < -0.4 is 11.1 Å². The number of nitro groups is 1. The van der Waals surface area contributed by atoms with E-state index in [1.807, 2.05) is 0 Å². The highest BCUT2D eigenvalue weighted by Gasteiger charge is 2.24. The summed E-state index contributed by atoms with van der Waals surface area (Å²) < 4.78 is 0. The van der Waals surface area contributed by atoms with Crippen molar-refractivity contribution in [3.63, 3.8) is 0 Å². The Kier molecular flexibility index (Phi) is 6.06. The second-order valence-electron chi connectivity index (χ2n) is 5.92. The molecule has 0 aromatic heterocycles. The van der Waals surface area contributed by atoms with Gasteiger partial charge in [-0.2, -0.15) is 0 Å². The van der Waals surface area contributed by atoms with Crippen molar-refractivity contribution in [1.29, 1.82) is 0 Å². The van der Waals surface area contributed by atoms with Crippen LogP contribution in [0.4, 0.5) is 5.69 Å². The Morgan fingerprint density at radius 1 is 1.43 bits per heavy atom. The third-order valence-electron chi connectivity index (χ3n) is 4.28. The zero-order valence-corrected chi connectivity index (χ0v) is 13.5. The number of carbonyl (C=O) groups is 1. The number of benzene rings is 1. The molecule has 0 saturated carbocycles. The smallest absolute Gasteiger partial charge is 0.274 e. The molecule has 126 valence electrons. The molecular weight excluding hydrogens is 296 g/mol. The Morgan fingerprint density at radius 2 is 2.13 bits per heavy atom. The average Bonchev–Trinajstić information content (AvgIpc) is 2.55. The zero-order valence-electron chi connectivity index (χ0n) is 13.5. The van der Waals surface area contributed by atoms with Crippen LogP contribution in [0, 0.1) is 10.1 Å². The highest BCUT2D eigenvalue weighted by atomic mass is 16.6. The van der Waals surface area contributed by atoms with E-state index >= 15 is 0 Å². The predicted molar refractivity (Wildman–Crippen MR) is 88.2 cm³/mol. The van der Waals surface area contributed by atoms with Crippen molar-refractivity contribution >= 4 is 11.6 Å². The number of nitrogens with zero attached hydrogens (tertiary/aromatic N) is 2. The Morgan fingerprint density at radius 3 is 2.70 bits per heavy atom.